The van der Waals surface area contributed by atoms with Gasteiger partial charge in [0.1, 0.15) is 0 Å². The first-order chi connectivity index (χ1) is 7.75. The Morgan fingerprint density at radius 1 is 1.56 bits per heavy atom. The summed E-state index contributed by atoms with van der Waals surface area (Å²) in [6.45, 7) is 3.08. The molecule has 0 aromatic carbocycles. The molecular formula is C11H14ClN3S. The van der Waals surface area contributed by atoms with E-state index in [-0.39, 0.29) is 0 Å². The summed E-state index contributed by atoms with van der Waals surface area (Å²) in [5.41, 5.74) is 1.16. The third kappa shape index (κ3) is 3.07. The van der Waals surface area contributed by atoms with Crippen LogP contribution in [0, 0.1) is 0 Å². The molecule has 1 atom stereocenters. The van der Waals surface area contributed by atoms with Crippen LogP contribution in [0.5, 0.6) is 0 Å². The molecule has 2 N–H and O–H groups in total. The van der Waals surface area contributed by atoms with Crippen LogP contribution in [0.25, 0.3) is 0 Å². The highest BCUT2D eigenvalue weighted by Gasteiger charge is 2.07. The number of hydrogen-bond acceptors (Lipinski definition) is 3. The minimum Gasteiger partial charge on any atom is -0.348 e. The van der Waals surface area contributed by atoms with Crippen LogP contribution in [0.1, 0.15) is 23.5 Å². The lowest BCUT2D eigenvalue weighted by Gasteiger charge is -2.11. The van der Waals surface area contributed by atoms with Gasteiger partial charge in [-0.1, -0.05) is 11.6 Å². The molecule has 0 spiro atoms. The molecule has 5 heteroatoms. The van der Waals surface area contributed by atoms with Gasteiger partial charge in [-0.2, -0.15) is 0 Å². The van der Waals surface area contributed by atoms with Gasteiger partial charge in [0, 0.05) is 35.8 Å². The molecule has 0 aliphatic carbocycles. The van der Waals surface area contributed by atoms with E-state index >= 15 is 0 Å². The maximum atomic E-state index is 5.90. The monoisotopic (exact) mass is 255 g/mol. The van der Waals surface area contributed by atoms with Crippen LogP contribution in [0.3, 0.4) is 0 Å². The van der Waals surface area contributed by atoms with Gasteiger partial charge in [-0.25, -0.2) is 4.98 Å². The topological polar surface area (TPSA) is 40.7 Å². The van der Waals surface area contributed by atoms with Gasteiger partial charge in [-0.05, 0) is 19.1 Å². The van der Waals surface area contributed by atoms with Crippen LogP contribution in [-0.4, -0.2) is 16.5 Å². The Hall–Kier alpha value is -0.840. The summed E-state index contributed by atoms with van der Waals surface area (Å²) in [5.74, 6) is 0. The van der Waals surface area contributed by atoms with E-state index in [1.807, 2.05) is 12.3 Å². The smallest absolute Gasteiger partial charge is 0.0931 e. The van der Waals surface area contributed by atoms with E-state index in [4.69, 9.17) is 11.6 Å². The van der Waals surface area contributed by atoms with Crippen LogP contribution >= 0.6 is 22.9 Å². The van der Waals surface area contributed by atoms with Gasteiger partial charge < -0.3 is 10.3 Å². The number of nitrogens with zero attached hydrogens (tertiary/aromatic N) is 1. The van der Waals surface area contributed by atoms with Crippen molar-refractivity contribution in [1.29, 1.82) is 0 Å². The van der Waals surface area contributed by atoms with Gasteiger partial charge in [-0.15, -0.1) is 11.3 Å². The van der Waals surface area contributed by atoms with Gasteiger partial charge in [-0.3, -0.25) is 0 Å². The molecule has 0 saturated carbocycles. The highest BCUT2D eigenvalue weighted by molar-refractivity contribution is 7.16. The Kier molecular flexibility index (Phi) is 3.98. The van der Waals surface area contributed by atoms with Crippen LogP contribution in [-0.2, 0) is 6.42 Å². The van der Waals surface area contributed by atoms with E-state index in [0.29, 0.717) is 6.04 Å². The second kappa shape index (κ2) is 5.48. The molecule has 2 rings (SSSR count). The van der Waals surface area contributed by atoms with Gasteiger partial charge in [0.2, 0.25) is 0 Å². The van der Waals surface area contributed by atoms with Crippen molar-refractivity contribution in [3.8, 4) is 0 Å². The highest BCUT2D eigenvalue weighted by atomic mass is 35.5. The number of rotatable bonds is 5. The number of nitrogens with one attached hydrogen (secondary N) is 2. The molecular weight excluding hydrogens is 242 g/mol. The number of imidazole rings is 1. The second-order valence-electron chi connectivity index (χ2n) is 3.64. The van der Waals surface area contributed by atoms with Crippen molar-refractivity contribution in [2.75, 3.05) is 6.54 Å². The van der Waals surface area contributed by atoms with Crippen LogP contribution in [0.15, 0.2) is 24.7 Å². The first kappa shape index (κ1) is 11.6. The first-order valence-electron chi connectivity index (χ1n) is 5.21. The largest absolute Gasteiger partial charge is 0.348 e. The molecule has 0 bridgehead atoms. The number of aromatic nitrogens is 2. The zero-order valence-electron chi connectivity index (χ0n) is 9.03. The Morgan fingerprint density at radius 2 is 2.44 bits per heavy atom. The van der Waals surface area contributed by atoms with E-state index in [0.717, 1.165) is 23.0 Å². The third-order valence-electron chi connectivity index (χ3n) is 2.42. The maximum absolute atomic E-state index is 5.90. The van der Waals surface area contributed by atoms with Crippen molar-refractivity contribution in [2.24, 2.45) is 0 Å². The fourth-order valence-corrected chi connectivity index (χ4v) is 2.59. The molecule has 0 aliphatic rings. The number of hydrogen-bond donors (Lipinski definition) is 2. The first-order valence-corrected chi connectivity index (χ1v) is 6.41. The van der Waals surface area contributed by atoms with E-state index in [2.05, 4.69) is 28.3 Å². The Labute approximate surface area is 104 Å². The van der Waals surface area contributed by atoms with E-state index in [1.54, 1.807) is 17.7 Å². The summed E-state index contributed by atoms with van der Waals surface area (Å²) in [6, 6.07) is 4.36. The van der Waals surface area contributed by atoms with Gasteiger partial charge >= 0.3 is 0 Å². The normalized spacial score (nSPS) is 12.9. The summed E-state index contributed by atoms with van der Waals surface area (Å²) in [4.78, 5) is 8.34. The summed E-state index contributed by atoms with van der Waals surface area (Å²) < 4.78 is 0.845. The third-order valence-corrected chi connectivity index (χ3v) is 3.83. The fourth-order valence-electron chi connectivity index (χ4n) is 1.51. The lowest BCUT2D eigenvalue weighted by atomic mass is 10.2. The van der Waals surface area contributed by atoms with E-state index in [1.165, 1.54) is 4.88 Å². The van der Waals surface area contributed by atoms with Crippen LogP contribution in [0.2, 0.25) is 4.34 Å². The summed E-state index contributed by atoms with van der Waals surface area (Å²) in [7, 11) is 0. The van der Waals surface area contributed by atoms with Crippen molar-refractivity contribution in [3.05, 3.63) is 39.6 Å². The van der Waals surface area contributed by atoms with Gasteiger partial charge in [0.05, 0.1) is 10.7 Å². The van der Waals surface area contributed by atoms with Crippen molar-refractivity contribution < 1.29 is 0 Å². The minimum atomic E-state index is 0.348. The second-order valence-corrected chi connectivity index (χ2v) is 5.39. The predicted molar refractivity (Wildman–Crippen MR) is 68.0 cm³/mol. The minimum absolute atomic E-state index is 0.348. The molecule has 0 fully saturated rings. The van der Waals surface area contributed by atoms with Gasteiger partial charge in [0.15, 0.2) is 0 Å². The fraction of sp³-hybridized carbons (Fsp3) is 0.364. The average molecular weight is 256 g/mol. The molecule has 0 radical (unpaired) electrons. The van der Waals surface area contributed by atoms with Crippen LogP contribution < -0.4 is 5.32 Å². The summed E-state index contributed by atoms with van der Waals surface area (Å²) in [6.07, 6.45) is 4.52. The molecule has 0 aliphatic heterocycles. The van der Waals surface area contributed by atoms with Crippen molar-refractivity contribution in [3.63, 3.8) is 0 Å². The molecule has 0 amide bonds. The van der Waals surface area contributed by atoms with Crippen molar-refractivity contribution in [2.45, 2.75) is 19.4 Å². The molecule has 2 aromatic rings. The standard InChI is InChI=1S/C11H14ClN3S/c1-8(10-2-3-11(12)16-10)14-5-4-9-6-13-7-15-9/h2-3,6-8,14H,4-5H2,1H3,(H,13,15). The molecule has 1 unspecified atom stereocenters. The Balaban J connectivity index is 1.78. The zero-order valence-corrected chi connectivity index (χ0v) is 10.6. The summed E-state index contributed by atoms with van der Waals surface area (Å²) in [5, 5.41) is 3.45. The van der Waals surface area contributed by atoms with Crippen molar-refractivity contribution in [1.82, 2.24) is 15.3 Å². The van der Waals surface area contributed by atoms with E-state index in [9.17, 15) is 0 Å². The van der Waals surface area contributed by atoms with E-state index < -0.39 is 0 Å². The zero-order chi connectivity index (χ0) is 11.4. The molecule has 2 heterocycles. The Bertz CT molecular complexity index is 424. The predicted octanol–water partition coefficient (Wildman–Crippen LogP) is 3.02. The van der Waals surface area contributed by atoms with Crippen LogP contribution in [0.4, 0.5) is 0 Å². The SMILES string of the molecule is CC(NCCc1cnc[nH]1)c1ccc(Cl)s1. The quantitative estimate of drug-likeness (QED) is 0.862. The number of halogens is 1. The molecule has 2 aromatic heterocycles. The molecule has 0 saturated heterocycles. The van der Waals surface area contributed by atoms with Gasteiger partial charge in [0.25, 0.3) is 0 Å². The number of thiophene rings is 1. The number of aromatic amines is 1. The molecule has 86 valence electrons. The maximum Gasteiger partial charge on any atom is 0.0931 e. The molecule has 16 heavy (non-hydrogen) atoms. The Morgan fingerprint density at radius 3 is 3.06 bits per heavy atom. The molecule has 3 nitrogen and oxygen atoms in total. The number of H-pyrrole nitrogens is 1. The highest BCUT2D eigenvalue weighted by Crippen LogP contribution is 2.26. The lowest BCUT2D eigenvalue weighted by molar-refractivity contribution is 0.582. The average Bonchev–Trinajstić information content (AvgIpc) is 2.89. The summed E-state index contributed by atoms with van der Waals surface area (Å²) >= 11 is 7.52. The lowest BCUT2D eigenvalue weighted by Crippen LogP contribution is -2.20. The van der Waals surface area contributed by atoms with Crippen molar-refractivity contribution >= 4 is 22.9 Å².